The summed E-state index contributed by atoms with van der Waals surface area (Å²) in [5.74, 6) is 0.847. The van der Waals surface area contributed by atoms with Crippen LogP contribution in [0.4, 0.5) is 5.95 Å². The quantitative estimate of drug-likeness (QED) is 0.755. The molecular weight excluding hydrogens is 334 g/mol. The summed E-state index contributed by atoms with van der Waals surface area (Å²) < 4.78 is 7.24. The van der Waals surface area contributed by atoms with E-state index in [9.17, 15) is 4.79 Å². The van der Waals surface area contributed by atoms with Gasteiger partial charge in [0.05, 0.1) is 17.9 Å². The van der Waals surface area contributed by atoms with E-state index in [0.717, 1.165) is 5.69 Å². The molecule has 3 aromatic rings. The summed E-state index contributed by atoms with van der Waals surface area (Å²) >= 11 is 0. The maximum absolute atomic E-state index is 12.9. The predicted octanol–water partition coefficient (Wildman–Crippen LogP) is 1.35. The van der Waals surface area contributed by atoms with E-state index < -0.39 is 0 Å². The van der Waals surface area contributed by atoms with E-state index in [2.05, 4.69) is 25.4 Å². The Bertz CT molecular complexity index is 889. The largest absolute Gasteiger partial charge is 0.438 e. The van der Waals surface area contributed by atoms with Crippen LogP contribution in [-0.2, 0) is 13.1 Å². The number of nitrogens with one attached hydrogen (secondary N) is 1. The number of carbonyl (C=O) groups is 1. The van der Waals surface area contributed by atoms with Crippen LogP contribution < -0.4 is 5.32 Å². The second kappa shape index (κ2) is 6.95. The third-order valence-electron chi connectivity index (χ3n) is 4.41. The number of rotatable bonds is 4. The fraction of sp³-hybridized carbons (Fsp3) is 0.353. The normalized spacial score (nSPS) is 16.8. The monoisotopic (exact) mass is 353 g/mol. The zero-order valence-corrected chi connectivity index (χ0v) is 14.4. The molecule has 1 atom stereocenters. The summed E-state index contributed by atoms with van der Waals surface area (Å²) in [5.41, 5.74) is 1.59. The van der Waals surface area contributed by atoms with Gasteiger partial charge in [0.1, 0.15) is 0 Å². The lowest BCUT2D eigenvalue weighted by atomic mass is 10.1. The van der Waals surface area contributed by atoms with Gasteiger partial charge < -0.3 is 14.6 Å². The number of oxazole rings is 1. The molecule has 1 N–H and O–H groups in total. The number of nitrogens with zero attached hydrogens (tertiary/aromatic N) is 6. The highest BCUT2D eigenvalue weighted by atomic mass is 16.3. The minimum Gasteiger partial charge on any atom is -0.438 e. The maximum atomic E-state index is 12.9. The molecule has 1 amide bonds. The number of hydrogen-bond acceptors (Lipinski definition) is 7. The van der Waals surface area contributed by atoms with Gasteiger partial charge in [0.15, 0.2) is 6.39 Å². The zero-order valence-electron chi connectivity index (χ0n) is 14.4. The predicted molar refractivity (Wildman–Crippen MR) is 92.2 cm³/mol. The Hall–Kier alpha value is -3.23. The Morgan fingerprint density at radius 3 is 2.88 bits per heavy atom. The Morgan fingerprint density at radius 1 is 1.27 bits per heavy atom. The number of fused-ring (bicyclic) bond motifs is 1. The van der Waals surface area contributed by atoms with E-state index in [-0.39, 0.29) is 17.6 Å². The Morgan fingerprint density at radius 2 is 2.12 bits per heavy atom. The molecule has 0 aliphatic carbocycles. The highest BCUT2D eigenvalue weighted by molar-refractivity contribution is 5.92. The molecule has 134 valence electrons. The van der Waals surface area contributed by atoms with E-state index >= 15 is 0 Å². The molecule has 9 nitrogen and oxygen atoms in total. The van der Waals surface area contributed by atoms with Crippen molar-refractivity contribution < 1.29 is 9.21 Å². The van der Waals surface area contributed by atoms with Crippen LogP contribution in [0.3, 0.4) is 0 Å². The van der Waals surface area contributed by atoms with Crippen LogP contribution in [0.5, 0.6) is 0 Å². The lowest BCUT2D eigenvalue weighted by Gasteiger charge is -2.23. The van der Waals surface area contributed by atoms with Gasteiger partial charge in [-0.15, -0.1) is 0 Å². The second-order valence-electron chi connectivity index (χ2n) is 6.28. The van der Waals surface area contributed by atoms with Crippen LogP contribution in [0.2, 0.25) is 0 Å². The molecule has 1 aliphatic heterocycles. The average molecular weight is 353 g/mol. The molecule has 0 unspecified atom stereocenters. The molecule has 4 rings (SSSR count). The van der Waals surface area contributed by atoms with Crippen LogP contribution >= 0.6 is 0 Å². The van der Waals surface area contributed by atoms with Gasteiger partial charge in [0.2, 0.25) is 11.7 Å². The summed E-state index contributed by atoms with van der Waals surface area (Å²) in [6.45, 7) is 4.16. The molecular formula is C17H19N7O2. The van der Waals surface area contributed by atoms with E-state index in [0.29, 0.717) is 37.8 Å². The lowest BCUT2D eigenvalue weighted by Crippen LogP contribution is -2.36. The molecule has 3 aromatic heterocycles. The second-order valence-corrected chi connectivity index (χ2v) is 6.28. The minimum absolute atomic E-state index is 0.145. The van der Waals surface area contributed by atoms with Gasteiger partial charge >= 0.3 is 0 Å². The smallest absolute Gasteiger partial charge is 0.291 e. The van der Waals surface area contributed by atoms with Crippen LogP contribution in [0.1, 0.15) is 21.9 Å². The number of hydrogen-bond donors (Lipinski definition) is 1. The van der Waals surface area contributed by atoms with Crippen molar-refractivity contribution in [2.45, 2.75) is 20.0 Å². The fourth-order valence-corrected chi connectivity index (χ4v) is 3.09. The summed E-state index contributed by atoms with van der Waals surface area (Å²) in [7, 11) is 0. The van der Waals surface area contributed by atoms with Crippen molar-refractivity contribution in [2.24, 2.45) is 5.92 Å². The number of anilines is 1. The van der Waals surface area contributed by atoms with Gasteiger partial charge in [0, 0.05) is 44.1 Å². The Kier molecular flexibility index (Phi) is 4.34. The average Bonchev–Trinajstić information content (AvgIpc) is 3.24. The van der Waals surface area contributed by atoms with Crippen LogP contribution in [0.25, 0.3) is 0 Å². The molecule has 9 heteroatoms. The summed E-state index contributed by atoms with van der Waals surface area (Å²) in [4.78, 5) is 27.1. The summed E-state index contributed by atoms with van der Waals surface area (Å²) in [6.07, 6.45) is 6.44. The van der Waals surface area contributed by atoms with Gasteiger partial charge in [0.25, 0.3) is 5.91 Å². The van der Waals surface area contributed by atoms with Crippen molar-refractivity contribution in [1.29, 1.82) is 0 Å². The molecule has 0 saturated carbocycles. The van der Waals surface area contributed by atoms with Gasteiger partial charge in [-0.25, -0.2) is 15.0 Å². The Balaban J connectivity index is 1.53. The van der Waals surface area contributed by atoms with E-state index in [1.54, 1.807) is 36.5 Å². The van der Waals surface area contributed by atoms with Crippen molar-refractivity contribution in [3.63, 3.8) is 0 Å². The standard InChI is InChI=1S/C17H19N7O2/c1-12-15(26-11-21-12)16(25)23-8-13(7-20-17-18-4-2-5-19-17)9-24-14(10-23)3-6-22-24/h2-6,11,13H,7-10H2,1H3,(H,18,19,20)/t13-/m1/s1. The molecule has 0 radical (unpaired) electrons. The summed E-state index contributed by atoms with van der Waals surface area (Å²) in [6, 6.07) is 3.70. The maximum Gasteiger partial charge on any atom is 0.291 e. The third kappa shape index (κ3) is 3.28. The first kappa shape index (κ1) is 16.2. The molecule has 26 heavy (non-hydrogen) atoms. The van der Waals surface area contributed by atoms with Crippen LogP contribution in [0.15, 0.2) is 41.5 Å². The van der Waals surface area contributed by atoms with Gasteiger partial charge in [-0.2, -0.15) is 5.10 Å². The van der Waals surface area contributed by atoms with Crippen molar-refractivity contribution >= 4 is 11.9 Å². The molecule has 0 spiro atoms. The molecule has 1 aliphatic rings. The fourth-order valence-electron chi connectivity index (χ4n) is 3.09. The number of aryl methyl sites for hydroxylation is 1. The topological polar surface area (TPSA) is 102 Å². The first-order valence-electron chi connectivity index (χ1n) is 8.41. The van der Waals surface area contributed by atoms with E-state index in [4.69, 9.17) is 4.42 Å². The molecule has 0 saturated heterocycles. The zero-order chi connectivity index (χ0) is 17.9. The minimum atomic E-state index is -0.157. The first-order chi connectivity index (χ1) is 12.7. The SMILES string of the molecule is Cc1ncoc1C(=O)N1Cc2ccnn2C[C@H](CNc2ncccn2)C1. The number of amides is 1. The van der Waals surface area contributed by atoms with E-state index in [1.807, 2.05) is 10.7 Å². The first-order valence-corrected chi connectivity index (χ1v) is 8.41. The molecule has 0 fully saturated rings. The Labute approximate surface area is 150 Å². The lowest BCUT2D eigenvalue weighted by molar-refractivity contribution is 0.0691. The molecule has 4 heterocycles. The third-order valence-corrected chi connectivity index (χ3v) is 4.41. The van der Waals surface area contributed by atoms with Gasteiger partial charge in [-0.3, -0.25) is 9.48 Å². The van der Waals surface area contributed by atoms with Crippen molar-refractivity contribution in [3.8, 4) is 0 Å². The molecule has 0 bridgehead atoms. The van der Waals surface area contributed by atoms with Crippen molar-refractivity contribution in [3.05, 3.63) is 54.3 Å². The van der Waals surface area contributed by atoms with Crippen LogP contribution in [0, 0.1) is 12.8 Å². The van der Waals surface area contributed by atoms with Crippen LogP contribution in [-0.4, -0.2) is 48.6 Å². The van der Waals surface area contributed by atoms with Crippen molar-refractivity contribution in [2.75, 3.05) is 18.4 Å². The number of carbonyl (C=O) groups excluding carboxylic acids is 1. The highest BCUT2D eigenvalue weighted by Gasteiger charge is 2.28. The highest BCUT2D eigenvalue weighted by Crippen LogP contribution is 2.19. The molecule has 0 aromatic carbocycles. The number of aromatic nitrogens is 5. The summed E-state index contributed by atoms with van der Waals surface area (Å²) in [5, 5.41) is 7.61. The van der Waals surface area contributed by atoms with E-state index in [1.165, 1.54) is 6.39 Å². The van der Waals surface area contributed by atoms with Gasteiger partial charge in [-0.1, -0.05) is 0 Å². The van der Waals surface area contributed by atoms with Gasteiger partial charge in [-0.05, 0) is 19.1 Å². The van der Waals surface area contributed by atoms with Crippen molar-refractivity contribution in [1.82, 2.24) is 29.6 Å².